The van der Waals surface area contributed by atoms with Crippen LogP contribution in [0.3, 0.4) is 0 Å². The number of likely N-dealkylation sites (tertiary alicyclic amines) is 1. The minimum atomic E-state index is -0.346. The molecule has 1 unspecified atom stereocenters. The lowest BCUT2D eigenvalue weighted by molar-refractivity contribution is -0.144. The van der Waals surface area contributed by atoms with Gasteiger partial charge in [-0.25, -0.2) is 0 Å². The van der Waals surface area contributed by atoms with Gasteiger partial charge in [0.05, 0.1) is 5.41 Å². The van der Waals surface area contributed by atoms with Gasteiger partial charge in [-0.05, 0) is 36.8 Å². The number of hydrogen-bond donors (Lipinski definition) is 0. The molecule has 0 bridgehead atoms. The van der Waals surface area contributed by atoms with Crippen LogP contribution in [0.25, 0.3) is 5.57 Å². The Hall–Kier alpha value is -1.83. The van der Waals surface area contributed by atoms with Crippen LogP contribution in [0.1, 0.15) is 31.2 Å². The van der Waals surface area contributed by atoms with E-state index in [4.69, 9.17) is 0 Å². The Morgan fingerprint density at radius 1 is 1.40 bits per heavy atom. The predicted octanol–water partition coefficient (Wildman–Crippen LogP) is 3.90. The first kappa shape index (κ1) is 14.6. The van der Waals surface area contributed by atoms with Gasteiger partial charge in [-0.15, -0.1) is 6.58 Å². The zero-order chi connectivity index (χ0) is 14.6. The van der Waals surface area contributed by atoms with Crippen molar-refractivity contribution in [2.24, 2.45) is 5.41 Å². The highest BCUT2D eigenvalue weighted by Crippen LogP contribution is 2.42. The van der Waals surface area contributed by atoms with Crippen molar-refractivity contribution in [1.29, 1.82) is 0 Å². The van der Waals surface area contributed by atoms with Gasteiger partial charge in [0.25, 0.3) is 0 Å². The van der Waals surface area contributed by atoms with E-state index in [1.165, 1.54) is 0 Å². The Morgan fingerprint density at radius 2 is 2.10 bits per heavy atom. The van der Waals surface area contributed by atoms with Gasteiger partial charge in [-0.2, -0.15) is 0 Å². The number of carbonyl (C=O) groups excluding carboxylic acids is 1. The Kier molecular flexibility index (Phi) is 4.43. The molecule has 1 aliphatic heterocycles. The SMILES string of the molecule is C=CCC1(CC(=C)c2ccccc2)CCCN(C)C1=O. The number of nitrogens with zero attached hydrogens (tertiary/aromatic N) is 1. The minimum Gasteiger partial charge on any atom is -0.345 e. The molecule has 1 aliphatic rings. The molecule has 1 amide bonds. The molecule has 0 spiro atoms. The van der Waals surface area contributed by atoms with Crippen molar-refractivity contribution >= 4 is 11.5 Å². The maximum absolute atomic E-state index is 12.6. The molecule has 0 aliphatic carbocycles. The van der Waals surface area contributed by atoms with E-state index in [2.05, 4.69) is 25.3 Å². The molecule has 0 saturated carbocycles. The van der Waals surface area contributed by atoms with Gasteiger partial charge in [0.15, 0.2) is 0 Å². The highest BCUT2D eigenvalue weighted by molar-refractivity contribution is 5.85. The van der Waals surface area contributed by atoms with Crippen LogP contribution in [0, 0.1) is 5.41 Å². The average Bonchev–Trinajstić information content (AvgIpc) is 2.46. The van der Waals surface area contributed by atoms with Gasteiger partial charge in [0, 0.05) is 13.6 Å². The third-order valence-electron chi connectivity index (χ3n) is 4.22. The Balaban J connectivity index is 2.23. The van der Waals surface area contributed by atoms with E-state index in [9.17, 15) is 4.79 Å². The molecule has 1 aromatic carbocycles. The summed E-state index contributed by atoms with van der Waals surface area (Å²) < 4.78 is 0. The van der Waals surface area contributed by atoms with E-state index in [1.54, 1.807) is 0 Å². The summed E-state index contributed by atoms with van der Waals surface area (Å²) in [5.74, 6) is 0.237. The van der Waals surface area contributed by atoms with Crippen LogP contribution in [0.15, 0.2) is 49.6 Å². The Bertz CT molecular complexity index is 505. The first-order valence-electron chi connectivity index (χ1n) is 7.19. The third kappa shape index (κ3) is 2.84. The third-order valence-corrected chi connectivity index (χ3v) is 4.22. The number of rotatable bonds is 5. The molecule has 0 aromatic heterocycles. The van der Waals surface area contributed by atoms with E-state index >= 15 is 0 Å². The van der Waals surface area contributed by atoms with E-state index in [-0.39, 0.29) is 11.3 Å². The molecular formula is C18H23NO. The van der Waals surface area contributed by atoms with E-state index in [1.807, 2.05) is 36.2 Å². The van der Waals surface area contributed by atoms with Gasteiger partial charge in [0.2, 0.25) is 5.91 Å². The van der Waals surface area contributed by atoms with Crippen molar-refractivity contribution in [2.45, 2.75) is 25.7 Å². The summed E-state index contributed by atoms with van der Waals surface area (Å²) in [4.78, 5) is 14.5. The minimum absolute atomic E-state index is 0.237. The van der Waals surface area contributed by atoms with Crippen LogP contribution in [-0.4, -0.2) is 24.4 Å². The van der Waals surface area contributed by atoms with E-state index in [0.29, 0.717) is 6.42 Å². The summed E-state index contributed by atoms with van der Waals surface area (Å²) in [6, 6.07) is 10.1. The maximum Gasteiger partial charge on any atom is 0.229 e. The normalized spacial score (nSPS) is 22.6. The van der Waals surface area contributed by atoms with Gasteiger partial charge in [-0.3, -0.25) is 4.79 Å². The van der Waals surface area contributed by atoms with Gasteiger partial charge in [0.1, 0.15) is 0 Å². The summed E-state index contributed by atoms with van der Waals surface area (Å²) in [5, 5.41) is 0. The maximum atomic E-state index is 12.6. The van der Waals surface area contributed by atoms with Crippen molar-refractivity contribution in [3.8, 4) is 0 Å². The predicted molar refractivity (Wildman–Crippen MR) is 84.2 cm³/mol. The highest BCUT2D eigenvalue weighted by atomic mass is 16.2. The number of hydrogen-bond acceptors (Lipinski definition) is 1. The standard InChI is InChI=1S/C18H23NO/c1-4-11-18(12-8-13-19(3)17(18)20)14-15(2)16-9-6-5-7-10-16/h4-7,9-10H,1-2,8,11-14H2,3H3. The molecule has 1 fully saturated rings. The molecule has 1 atom stereocenters. The first-order chi connectivity index (χ1) is 9.59. The topological polar surface area (TPSA) is 20.3 Å². The fraction of sp³-hybridized carbons (Fsp3) is 0.389. The van der Waals surface area contributed by atoms with Crippen molar-refractivity contribution in [2.75, 3.05) is 13.6 Å². The lowest BCUT2D eigenvalue weighted by Crippen LogP contribution is -2.46. The zero-order valence-corrected chi connectivity index (χ0v) is 12.3. The van der Waals surface area contributed by atoms with Crippen LogP contribution in [0.4, 0.5) is 0 Å². The molecule has 0 radical (unpaired) electrons. The van der Waals surface area contributed by atoms with Crippen LogP contribution in [0.5, 0.6) is 0 Å². The first-order valence-corrected chi connectivity index (χ1v) is 7.19. The number of benzene rings is 1. The zero-order valence-electron chi connectivity index (χ0n) is 12.3. The molecule has 2 rings (SSSR count). The lowest BCUT2D eigenvalue weighted by Gasteiger charge is -2.40. The Labute approximate surface area is 121 Å². The molecule has 1 saturated heterocycles. The fourth-order valence-electron chi connectivity index (χ4n) is 3.15. The number of piperidine rings is 1. The van der Waals surface area contributed by atoms with Crippen molar-refractivity contribution in [3.05, 3.63) is 55.1 Å². The van der Waals surface area contributed by atoms with Crippen molar-refractivity contribution < 1.29 is 4.79 Å². The number of allylic oxidation sites excluding steroid dienone is 2. The quantitative estimate of drug-likeness (QED) is 0.742. The molecule has 20 heavy (non-hydrogen) atoms. The average molecular weight is 269 g/mol. The molecular weight excluding hydrogens is 246 g/mol. The molecule has 2 heteroatoms. The largest absolute Gasteiger partial charge is 0.345 e. The van der Waals surface area contributed by atoms with E-state index < -0.39 is 0 Å². The molecule has 1 heterocycles. The monoisotopic (exact) mass is 269 g/mol. The Morgan fingerprint density at radius 3 is 2.75 bits per heavy atom. The fourth-order valence-corrected chi connectivity index (χ4v) is 3.15. The second kappa shape index (κ2) is 6.08. The van der Waals surface area contributed by atoms with Gasteiger partial charge in [-0.1, -0.05) is 43.0 Å². The molecule has 2 nitrogen and oxygen atoms in total. The number of carbonyl (C=O) groups is 1. The van der Waals surface area contributed by atoms with Gasteiger partial charge < -0.3 is 4.90 Å². The van der Waals surface area contributed by atoms with Crippen LogP contribution >= 0.6 is 0 Å². The summed E-state index contributed by atoms with van der Waals surface area (Å²) in [5.41, 5.74) is 1.81. The van der Waals surface area contributed by atoms with Crippen LogP contribution in [-0.2, 0) is 4.79 Å². The molecule has 106 valence electrons. The van der Waals surface area contributed by atoms with Crippen molar-refractivity contribution in [3.63, 3.8) is 0 Å². The van der Waals surface area contributed by atoms with Crippen molar-refractivity contribution in [1.82, 2.24) is 4.90 Å². The van der Waals surface area contributed by atoms with Crippen LogP contribution in [0.2, 0.25) is 0 Å². The molecule has 0 N–H and O–H groups in total. The highest BCUT2D eigenvalue weighted by Gasteiger charge is 2.41. The molecule has 1 aromatic rings. The summed E-state index contributed by atoms with van der Waals surface area (Å²) in [6.45, 7) is 8.90. The lowest BCUT2D eigenvalue weighted by atomic mass is 9.71. The van der Waals surface area contributed by atoms with Gasteiger partial charge >= 0.3 is 0 Å². The van der Waals surface area contributed by atoms with E-state index in [0.717, 1.165) is 36.9 Å². The smallest absolute Gasteiger partial charge is 0.229 e. The number of amides is 1. The summed E-state index contributed by atoms with van der Waals surface area (Å²) >= 11 is 0. The van der Waals surface area contributed by atoms with Crippen LogP contribution < -0.4 is 0 Å². The summed E-state index contributed by atoms with van der Waals surface area (Å²) in [7, 11) is 1.89. The second-order valence-electron chi connectivity index (χ2n) is 5.75. The second-order valence-corrected chi connectivity index (χ2v) is 5.75. The summed E-state index contributed by atoms with van der Waals surface area (Å²) in [6.07, 6.45) is 5.29.